The van der Waals surface area contributed by atoms with Crippen molar-refractivity contribution in [3.63, 3.8) is 0 Å². The maximum atomic E-state index is 12.8. The number of methoxy groups -OCH3 is 1. The van der Waals surface area contributed by atoms with Crippen LogP contribution in [0.5, 0.6) is 5.75 Å². The Morgan fingerprint density at radius 2 is 2.24 bits per heavy atom. The standard InChI is InChI=1S/C12H15FO4/c1-3-17-12(15)11(14)10-8(7-13)5-4-6-9(10)16-2/h4-6,11,14H,3,7H2,1-2H3. The lowest BCUT2D eigenvalue weighted by Gasteiger charge is -2.16. The fourth-order valence-corrected chi connectivity index (χ4v) is 1.53. The zero-order valence-corrected chi connectivity index (χ0v) is 9.77. The highest BCUT2D eigenvalue weighted by Crippen LogP contribution is 2.30. The van der Waals surface area contributed by atoms with Crippen LogP contribution < -0.4 is 4.74 Å². The summed E-state index contributed by atoms with van der Waals surface area (Å²) in [5, 5.41) is 9.82. The van der Waals surface area contributed by atoms with Crippen LogP contribution in [0.1, 0.15) is 24.2 Å². The van der Waals surface area contributed by atoms with Gasteiger partial charge in [-0.3, -0.25) is 0 Å². The smallest absolute Gasteiger partial charge is 0.339 e. The average molecular weight is 242 g/mol. The lowest BCUT2D eigenvalue weighted by atomic mass is 10.0. The van der Waals surface area contributed by atoms with Gasteiger partial charge in [-0.1, -0.05) is 12.1 Å². The zero-order valence-electron chi connectivity index (χ0n) is 9.77. The quantitative estimate of drug-likeness (QED) is 0.799. The lowest BCUT2D eigenvalue weighted by Crippen LogP contribution is -2.17. The number of hydrogen-bond acceptors (Lipinski definition) is 4. The van der Waals surface area contributed by atoms with E-state index in [9.17, 15) is 14.3 Å². The molecule has 17 heavy (non-hydrogen) atoms. The lowest BCUT2D eigenvalue weighted by molar-refractivity contribution is -0.153. The van der Waals surface area contributed by atoms with Gasteiger partial charge >= 0.3 is 5.97 Å². The summed E-state index contributed by atoms with van der Waals surface area (Å²) in [6.07, 6.45) is -1.53. The van der Waals surface area contributed by atoms with E-state index in [1.165, 1.54) is 13.2 Å². The molecule has 1 atom stereocenters. The average Bonchev–Trinajstić information content (AvgIpc) is 2.37. The van der Waals surface area contributed by atoms with Crippen molar-refractivity contribution in [1.82, 2.24) is 0 Å². The first-order valence-electron chi connectivity index (χ1n) is 5.22. The van der Waals surface area contributed by atoms with Crippen LogP contribution in [0.2, 0.25) is 0 Å². The van der Waals surface area contributed by atoms with Gasteiger partial charge in [-0.25, -0.2) is 9.18 Å². The van der Waals surface area contributed by atoms with E-state index in [4.69, 9.17) is 9.47 Å². The molecule has 1 rings (SSSR count). The fraction of sp³-hybridized carbons (Fsp3) is 0.417. The monoisotopic (exact) mass is 242 g/mol. The van der Waals surface area contributed by atoms with E-state index < -0.39 is 18.7 Å². The predicted octanol–water partition coefficient (Wildman–Crippen LogP) is 1.76. The molecule has 94 valence electrons. The largest absolute Gasteiger partial charge is 0.496 e. The molecular weight excluding hydrogens is 227 g/mol. The van der Waals surface area contributed by atoms with Crippen molar-refractivity contribution < 1.29 is 23.8 Å². The first kappa shape index (κ1) is 13.4. The molecule has 0 aliphatic carbocycles. The highest BCUT2D eigenvalue weighted by atomic mass is 19.1. The van der Waals surface area contributed by atoms with Crippen LogP contribution in [-0.2, 0) is 16.2 Å². The van der Waals surface area contributed by atoms with E-state index in [0.29, 0.717) is 0 Å². The maximum absolute atomic E-state index is 12.8. The summed E-state index contributed by atoms with van der Waals surface area (Å²) in [7, 11) is 1.39. The summed E-state index contributed by atoms with van der Waals surface area (Å²) in [4.78, 5) is 11.4. The molecule has 1 aromatic carbocycles. The zero-order chi connectivity index (χ0) is 12.8. The number of rotatable bonds is 5. The topological polar surface area (TPSA) is 55.8 Å². The third-order valence-corrected chi connectivity index (χ3v) is 2.30. The number of carbonyl (C=O) groups excluding carboxylic acids is 1. The Kier molecular flexibility index (Phi) is 4.90. The Morgan fingerprint density at radius 3 is 2.76 bits per heavy atom. The molecule has 4 nitrogen and oxygen atoms in total. The molecule has 0 fully saturated rings. The predicted molar refractivity (Wildman–Crippen MR) is 59.4 cm³/mol. The van der Waals surface area contributed by atoms with Crippen LogP contribution in [0.25, 0.3) is 0 Å². The summed E-state index contributed by atoms with van der Waals surface area (Å²) >= 11 is 0. The summed E-state index contributed by atoms with van der Waals surface area (Å²) in [6.45, 7) is 0.988. The van der Waals surface area contributed by atoms with Gasteiger partial charge in [0, 0.05) is 5.56 Å². The molecule has 0 aromatic heterocycles. The molecule has 0 bridgehead atoms. The summed E-state index contributed by atoms with van der Waals surface area (Å²) < 4.78 is 22.5. The van der Waals surface area contributed by atoms with Crippen LogP contribution in [0.15, 0.2) is 18.2 Å². The summed E-state index contributed by atoms with van der Waals surface area (Å²) in [6, 6.07) is 4.63. The molecule has 1 unspecified atom stereocenters. The molecule has 0 heterocycles. The molecule has 1 N–H and O–H groups in total. The van der Waals surface area contributed by atoms with Crippen molar-refractivity contribution in [3.8, 4) is 5.75 Å². The van der Waals surface area contributed by atoms with E-state index in [2.05, 4.69) is 0 Å². The van der Waals surface area contributed by atoms with E-state index in [1.807, 2.05) is 0 Å². The van der Waals surface area contributed by atoms with Crippen LogP contribution in [0, 0.1) is 0 Å². The van der Waals surface area contributed by atoms with Gasteiger partial charge in [-0.05, 0) is 18.6 Å². The Labute approximate surface area is 99.0 Å². The minimum Gasteiger partial charge on any atom is -0.496 e. The molecule has 0 aliphatic heterocycles. The van der Waals surface area contributed by atoms with Crippen LogP contribution in [-0.4, -0.2) is 24.8 Å². The van der Waals surface area contributed by atoms with Crippen molar-refractivity contribution in [2.45, 2.75) is 19.7 Å². The van der Waals surface area contributed by atoms with Crippen LogP contribution in [0.4, 0.5) is 4.39 Å². The van der Waals surface area contributed by atoms with Gasteiger partial charge in [0.05, 0.1) is 13.7 Å². The second-order valence-electron chi connectivity index (χ2n) is 3.32. The van der Waals surface area contributed by atoms with Crippen molar-refractivity contribution in [3.05, 3.63) is 29.3 Å². The first-order valence-corrected chi connectivity index (χ1v) is 5.22. The number of aliphatic hydroxyl groups is 1. The number of hydrogen-bond donors (Lipinski definition) is 1. The molecule has 0 aliphatic rings. The van der Waals surface area contributed by atoms with Gasteiger partial charge in [-0.15, -0.1) is 0 Å². The van der Waals surface area contributed by atoms with E-state index in [-0.39, 0.29) is 23.5 Å². The summed E-state index contributed by atoms with van der Waals surface area (Å²) in [5.41, 5.74) is 0.334. The minimum atomic E-state index is -1.53. The number of alkyl halides is 1. The highest BCUT2D eigenvalue weighted by molar-refractivity contribution is 5.78. The van der Waals surface area contributed by atoms with Gasteiger partial charge in [0.2, 0.25) is 0 Å². The Bertz CT molecular complexity index is 370. The number of esters is 1. The number of halogens is 1. The van der Waals surface area contributed by atoms with Crippen molar-refractivity contribution in [1.29, 1.82) is 0 Å². The maximum Gasteiger partial charge on any atom is 0.339 e. The third-order valence-electron chi connectivity index (χ3n) is 2.30. The second kappa shape index (κ2) is 6.20. The molecule has 1 aromatic rings. The second-order valence-corrected chi connectivity index (χ2v) is 3.32. The third kappa shape index (κ3) is 2.94. The summed E-state index contributed by atoms with van der Waals surface area (Å²) in [5.74, 6) is -0.549. The fourth-order valence-electron chi connectivity index (χ4n) is 1.53. The van der Waals surface area contributed by atoms with Crippen molar-refractivity contribution >= 4 is 5.97 Å². The number of aliphatic hydroxyl groups excluding tert-OH is 1. The SMILES string of the molecule is CCOC(=O)C(O)c1c(CF)cccc1OC. The van der Waals surface area contributed by atoms with Gasteiger partial charge in [0.25, 0.3) is 0 Å². The molecule has 0 spiro atoms. The Hall–Kier alpha value is -1.62. The van der Waals surface area contributed by atoms with Crippen LogP contribution in [0.3, 0.4) is 0 Å². The molecule has 0 radical (unpaired) electrons. The first-order chi connectivity index (χ1) is 8.15. The normalized spacial score (nSPS) is 12.0. The minimum absolute atomic E-state index is 0.121. The van der Waals surface area contributed by atoms with Crippen LogP contribution >= 0.6 is 0 Å². The molecular formula is C12H15FO4. The number of benzene rings is 1. The molecule has 0 amide bonds. The van der Waals surface area contributed by atoms with E-state index in [1.54, 1.807) is 19.1 Å². The Morgan fingerprint density at radius 1 is 1.53 bits per heavy atom. The van der Waals surface area contributed by atoms with Crippen molar-refractivity contribution in [2.75, 3.05) is 13.7 Å². The van der Waals surface area contributed by atoms with Gasteiger partial charge in [-0.2, -0.15) is 0 Å². The Balaban J connectivity index is 3.13. The molecule has 0 saturated carbocycles. The van der Waals surface area contributed by atoms with E-state index >= 15 is 0 Å². The van der Waals surface area contributed by atoms with Gasteiger partial charge in [0.15, 0.2) is 6.10 Å². The van der Waals surface area contributed by atoms with Gasteiger partial charge < -0.3 is 14.6 Å². The molecule has 5 heteroatoms. The number of carbonyl (C=O) groups is 1. The van der Waals surface area contributed by atoms with Crippen molar-refractivity contribution in [2.24, 2.45) is 0 Å². The van der Waals surface area contributed by atoms with E-state index in [0.717, 1.165) is 0 Å². The number of ether oxygens (including phenoxy) is 2. The molecule has 0 saturated heterocycles. The van der Waals surface area contributed by atoms with Gasteiger partial charge in [0.1, 0.15) is 12.4 Å². The highest BCUT2D eigenvalue weighted by Gasteiger charge is 2.25.